The van der Waals surface area contributed by atoms with Gasteiger partial charge in [0.2, 0.25) is 11.6 Å². The predicted octanol–water partition coefficient (Wildman–Crippen LogP) is 3.03. The quantitative estimate of drug-likeness (QED) is 0.505. The summed E-state index contributed by atoms with van der Waals surface area (Å²) in [6.07, 6.45) is 1.67. The number of carbonyl (C=O) groups is 3. The molecule has 1 atom stereocenters. The molecular weight excluding hydrogens is 472 g/mol. The Balaban J connectivity index is 1.52. The summed E-state index contributed by atoms with van der Waals surface area (Å²) in [6, 6.07) is 11.2. The molecule has 0 spiro atoms. The minimum atomic E-state index is -1.59. The van der Waals surface area contributed by atoms with Gasteiger partial charge in [-0.15, -0.1) is 0 Å². The van der Waals surface area contributed by atoms with Crippen molar-refractivity contribution in [1.29, 1.82) is 0 Å². The second-order valence-corrected chi connectivity index (χ2v) is 9.55. The average Bonchev–Trinajstić information content (AvgIpc) is 3.19. The first-order valence-corrected chi connectivity index (χ1v) is 11.7. The van der Waals surface area contributed by atoms with Crippen LogP contribution in [0, 0.1) is 5.92 Å². The van der Waals surface area contributed by atoms with Crippen molar-refractivity contribution < 1.29 is 19.1 Å². The number of halogens is 1. The molecule has 9 nitrogen and oxygen atoms in total. The van der Waals surface area contributed by atoms with Crippen LogP contribution in [0.15, 0.2) is 53.5 Å². The first kappa shape index (κ1) is 23.0. The maximum atomic E-state index is 13.7. The van der Waals surface area contributed by atoms with Gasteiger partial charge in [0.1, 0.15) is 12.3 Å². The number of fused-ring (bicyclic) bond motifs is 4. The maximum absolute atomic E-state index is 13.7. The van der Waals surface area contributed by atoms with E-state index in [0.29, 0.717) is 21.9 Å². The molecule has 2 amide bonds. The Morgan fingerprint density at radius 3 is 2.71 bits per heavy atom. The Labute approximate surface area is 205 Å². The van der Waals surface area contributed by atoms with Crippen molar-refractivity contribution in [3.05, 3.63) is 75.3 Å². The summed E-state index contributed by atoms with van der Waals surface area (Å²) >= 11 is 5.96. The number of hydrogen-bond acceptors (Lipinski definition) is 6. The second kappa shape index (κ2) is 8.49. The van der Waals surface area contributed by atoms with Gasteiger partial charge in [-0.1, -0.05) is 37.6 Å². The summed E-state index contributed by atoms with van der Waals surface area (Å²) in [5.41, 5.74) is -0.595. The number of rotatable bonds is 5. The molecule has 2 aliphatic heterocycles. The lowest BCUT2D eigenvalue weighted by Crippen LogP contribution is -2.69. The van der Waals surface area contributed by atoms with Crippen LogP contribution in [0.5, 0.6) is 0 Å². The van der Waals surface area contributed by atoms with Gasteiger partial charge in [-0.2, -0.15) is 0 Å². The van der Waals surface area contributed by atoms with Crippen LogP contribution < -0.4 is 10.5 Å². The molecule has 4 heterocycles. The first-order valence-electron chi connectivity index (χ1n) is 11.3. The molecule has 1 unspecified atom stereocenters. The lowest BCUT2D eigenvalue weighted by molar-refractivity contribution is -0.159. The van der Waals surface area contributed by atoms with E-state index in [4.69, 9.17) is 16.3 Å². The number of para-hydroxylation sites is 1. The number of anilines is 1. The summed E-state index contributed by atoms with van der Waals surface area (Å²) in [7, 11) is 0. The third-order valence-electron chi connectivity index (χ3n) is 6.28. The topological polar surface area (TPSA) is 101 Å². The first-order chi connectivity index (χ1) is 16.7. The van der Waals surface area contributed by atoms with Crippen LogP contribution in [0.1, 0.15) is 42.7 Å². The monoisotopic (exact) mass is 494 g/mol. The number of carbonyl (C=O) groups excluding carboxylic acids is 3. The molecule has 2 aromatic heterocycles. The van der Waals surface area contributed by atoms with E-state index in [9.17, 15) is 19.2 Å². The number of amides is 2. The van der Waals surface area contributed by atoms with Crippen molar-refractivity contribution in [3.8, 4) is 0 Å². The van der Waals surface area contributed by atoms with E-state index >= 15 is 0 Å². The maximum Gasteiger partial charge on any atom is 0.354 e. The molecule has 0 N–H and O–H groups in total. The minimum absolute atomic E-state index is 0.0421. The highest BCUT2D eigenvalue weighted by atomic mass is 35.5. The van der Waals surface area contributed by atoms with Crippen LogP contribution in [0.4, 0.5) is 5.69 Å². The molecule has 2 aliphatic rings. The van der Waals surface area contributed by atoms with Gasteiger partial charge in [0.05, 0.1) is 22.0 Å². The molecule has 10 heteroatoms. The van der Waals surface area contributed by atoms with Gasteiger partial charge in [0, 0.05) is 31.6 Å². The fourth-order valence-corrected chi connectivity index (χ4v) is 4.98. The van der Waals surface area contributed by atoms with Gasteiger partial charge in [0.15, 0.2) is 0 Å². The lowest BCUT2D eigenvalue weighted by Gasteiger charge is -2.48. The second-order valence-electron chi connectivity index (χ2n) is 9.11. The molecule has 0 radical (unpaired) electrons. The number of nitrogens with zero attached hydrogens (tertiary/aromatic N) is 4. The summed E-state index contributed by atoms with van der Waals surface area (Å²) in [4.78, 5) is 60.0. The number of hydrogen-bond donors (Lipinski definition) is 0. The van der Waals surface area contributed by atoms with Crippen LogP contribution in [0.2, 0.25) is 5.02 Å². The fraction of sp³-hybridized carbons (Fsp3) is 0.320. The molecule has 180 valence electrons. The van der Waals surface area contributed by atoms with Crippen molar-refractivity contribution >= 4 is 40.7 Å². The summed E-state index contributed by atoms with van der Waals surface area (Å²) in [5, 5.41) is 0.387. The number of ether oxygens (including phenoxy) is 1. The van der Waals surface area contributed by atoms with E-state index in [2.05, 4.69) is 4.98 Å². The van der Waals surface area contributed by atoms with Gasteiger partial charge in [0.25, 0.3) is 11.5 Å². The Morgan fingerprint density at radius 1 is 1.17 bits per heavy atom. The number of esters is 1. The van der Waals surface area contributed by atoms with Gasteiger partial charge in [-0.05, 0) is 30.2 Å². The van der Waals surface area contributed by atoms with Crippen molar-refractivity contribution in [2.24, 2.45) is 5.92 Å². The zero-order chi connectivity index (χ0) is 24.9. The zero-order valence-corrected chi connectivity index (χ0v) is 20.0. The standard InChI is InChI=1S/C25H23ClN4O5/c1-15(2)12-29-23(33)18-5-3-4-6-19(18)30-21(31)9-10-25(29,30)24(34)35-14-17-11-22(32)28-13-16(26)7-8-20(28)27-17/h3-8,11,13,15H,9-10,12,14H2,1-2H3. The average molecular weight is 495 g/mol. The molecule has 0 saturated carbocycles. The predicted molar refractivity (Wildman–Crippen MR) is 128 cm³/mol. The smallest absolute Gasteiger partial charge is 0.354 e. The highest BCUT2D eigenvalue weighted by molar-refractivity contribution is 6.30. The van der Waals surface area contributed by atoms with Crippen LogP contribution in [-0.2, 0) is 20.9 Å². The van der Waals surface area contributed by atoms with Gasteiger partial charge in [-0.25, -0.2) is 9.78 Å². The van der Waals surface area contributed by atoms with Crippen molar-refractivity contribution in [2.75, 3.05) is 11.4 Å². The molecule has 1 saturated heterocycles. The third kappa shape index (κ3) is 3.67. The Kier molecular flexibility index (Phi) is 5.59. The van der Waals surface area contributed by atoms with E-state index < -0.39 is 11.6 Å². The SMILES string of the molecule is CC(C)CN1C(=O)c2ccccc2N2C(=O)CCC12C(=O)OCc1cc(=O)n2cc(Cl)ccc2n1. The van der Waals surface area contributed by atoms with Crippen molar-refractivity contribution in [3.63, 3.8) is 0 Å². The van der Waals surface area contributed by atoms with Crippen molar-refractivity contribution in [2.45, 2.75) is 39.0 Å². The highest BCUT2D eigenvalue weighted by Gasteiger charge is 2.61. The molecule has 3 aromatic rings. The number of benzene rings is 1. The summed E-state index contributed by atoms with van der Waals surface area (Å²) in [6.45, 7) is 3.85. The Bertz CT molecular complexity index is 1430. The Hall–Kier alpha value is -3.72. The molecule has 1 fully saturated rings. The molecular formula is C25H23ClN4O5. The zero-order valence-electron chi connectivity index (χ0n) is 19.2. The number of aromatic nitrogens is 2. The molecule has 5 rings (SSSR count). The number of pyridine rings is 1. The minimum Gasteiger partial charge on any atom is -0.456 e. The largest absolute Gasteiger partial charge is 0.456 e. The van der Waals surface area contributed by atoms with Crippen LogP contribution in [0.25, 0.3) is 5.65 Å². The van der Waals surface area contributed by atoms with E-state index in [0.717, 1.165) is 0 Å². The molecule has 0 bridgehead atoms. The van der Waals surface area contributed by atoms with E-state index in [1.54, 1.807) is 36.4 Å². The van der Waals surface area contributed by atoms with Gasteiger partial charge < -0.3 is 9.64 Å². The third-order valence-corrected chi connectivity index (χ3v) is 6.50. The van der Waals surface area contributed by atoms with E-state index in [1.807, 2.05) is 13.8 Å². The molecule has 0 aliphatic carbocycles. The highest BCUT2D eigenvalue weighted by Crippen LogP contribution is 2.45. The summed E-state index contributed by atoms with van der Waals surface area (Å²) < 4.78 is 6.96. The lowest BCUT2D eigenvalue weighted by atomic mass is 9.95. The van der Waals surface area contributed by atoms with Crippen LogP contribution in [-0.4, -0.2) is 44.3 Å². The molecule has 35 heavy (non-hydrogen) atoms. The molecule has 1 aromatic carbocycles. The fourth-order valence-electron chi connectivity index (χ4n) is 4.82. The van der Waals surface area contributed by atoms with E-state index in [-0.39, 0.29) is 55.0 Å². The van der Waals surface area contributed by atoms with Crippen LogP contribution in [0.3, 0.4) is 0 Å². The van der Waals surface area contributed by atoms with Crippen LogP contribution >= 0.6 is 11.6 Å². The van der Waals surface area contributed by atoms with Crippen molar-refractivity contribution in [1.82, 2.24) is 14.3 Å². The van der Waals surface area contributed by atoms with E-state index in [1.165, 1.54) is 26.5 Å². The van der Waals surface area contributed by atoms with Gasteiger partial charge in [-0.3, -0.25) is 23.7 Å². The normalized spacial score (nSPS) is 19.3. The summed E-state index contributed by atoms with van der Waals surface area (Å²) in [5.74, 6) is -1.27. The Morgan fingerprint density at radius 2 is 1.94 bits per heavy atom. The van der Waals surface area contributed by atoms with Gasteiger partial charge >= 0.3 is 5.97 Å².